The van der Waals surface area contributed by atoms with Crippen molar-refractivity contribution in [3.8, 4) is 5.75 Å². The Kier molecular flexibility index (Phi) is 6.53. The van der Waals surface area contributed by atoms with E-state index >= 15 is 0 Å². The maximum atomic E-state index is 11.8. The minimum Gasteiger partial charge on any atom is -0.508 e. The molecule has 2 amide bonds. The number of esters is 1. The van der Waals surface area contributed by atoms with E-state index < -0.39 is 24.4 Å². The molecule has 2 aromatic rings. The molecule has 0 bridgehead atoms. The van der Waals surface area contributed by atoms with Crippen molar-refractivity contribution in [1.29, 1.82) is 0 Å². The maximum Gasteiger partial charge on any atom is 0.325 e. The number of hydrogen-bond acceptors (Lipinski definition) is 6. The quantitative estimate of drug-likeness (QED) is 0.649. The van der Waals surface area contributed by atoms with Gasteiger partial charge in [-0.2, -0.15) is 0 Å². The van der Waals surface area contributed by atoms with Crippen LogP contribution in [0.15, 0.2) is 41.8 Å². The fourth-order valence-electron chi connectivity index (χ4n) is 1.99. The molecule has 1 atom stereocenters. The second-order valence-electron chi connectivity index (χ2n) is 5.20. The largest absolute Gasteiger partial charge is 0.508 e. The van der Waals surface area contributed by atoms with E-state index in [2.05, 4.69) is 10.6 Å². The predicted molar refractivity (Wildman–Crippen MR) is 92.3 cm³/mol. The van der Waals surface area contributed by atoms with Gasteiger partial charge in [-0.05, 0) is 36.6 Å². The fourth-order valence-corrected chi connectivity index (χ4v) is 2.73. The Balaban J connectivity index is 1.70. The summed E-state index contributed by atoms with van der Waals surface area (Å²) in [5.41, 5.74) is 0.218. The van der Waals surface area contributed by atoms with Gasteiger partial charge < -0.3 is 20.5 Å². The first-order valence-corrected chi connectivity index (χ1v) is 8.39. The highest BCUT2D eigenvalue weighted by Gasteiger charge is 2.13. The van der Waals surface area contributed by atoms with Gasteiger partial charge in [0.05, 0.1) is 6.04 Å². The van der Waals surface area contributed by atoms with E-state index in [1.807, 2.05) is 24.4 Å². The number of carbonyl (C=O) groups is 3. The lowest BCUT2D eigenvalue weighted by molar-refractivity contribution is -0.147. The first-order chi connectivity index (χ1) is 12.0. The number of benzene rings is 1. The number of nitrogens with one attached hydrogen (secondary N) is 2. The van der Waals surface area contributed by atoms with E-state index in [0.717, 1.165) is 4.88 Å². The molecular weight excluding hydrogens is 344 g/mol. The highest BCUT2D eigenvalue weighted by Crippen LogP contribution is 2.17. The lowest BCUT2D eigenvalue weighted by atomic mass is 10.2. The molecule has 2 rings (SSSR count). The third-order valence-electron chi connectivity index (χ3n) is 3.21. The van der Waals surface area contributed by atoms with Gasteiger partial charge in [0.2, 0.25) is 0 Å². The topological polar surface area (TPSA) is 105 Å². The molecule has 0 spiro atoms. The van der Waals surface area contributed by atoms with Gasteiger partial charge in [-0.25, -0.2) is 0 Å². The van der Waals surface area contributed by atoms with Crippen LogP contribution in [0.2, 0.25) is 0 Å². The molecule has 0 fully saturated rings. The average Bonchev–Trinajstić information content (AvgIpc) is 3.12. The van der Waals surface area contributed by atoms with Crippen LogP contribution in [0.5, 0.6) is 5.75 Å². The highest BCUT2D eigenvalue weighted by atomic mass is 32.1. The zero-order valence-corrected chi connectivity index (χ0v) is 14.3. The monoisotopic (exact) mass is 362 g/mol. The van der Waals surface area contributed by atoms with E-state index in [-0.39, 0.29) is 23.9 Å². The first-order valence-electron chi connectivity index (χ1n) is 7.51. The van der Waals surface area contributed by atoms with Crippen molar-refractivity contribution in [3.63, 3.8) is 0 Å². The van der Waals surface area contributed by atoms with Crippen molar-refractivity contribution in [2.45, 2.75) is 13.0 Å². The number of aromatic hydroxyl groups is 1. The molecule has 0 aliphatic carbocycles. The van der Waals surface area contributed by atoms with Crippen LogP contribution in [0.3, 0.4) is 0 Å². The van der Waals surface area contributed by atoms with Crippen LogP contribution < -0.4 is 10.6 Å². The summed E-state index contributed by atoms with van der Waals surface area (Å²) in [7, 11) is 0. The Morgan fingerprint density at radius 1 is 1.24 bits per heavy atom. The van der Waals surface area contributed by atoms with E-state index in [9.17, 15) is 19.5 Å². The van der Waals surface area contributed by atoms with Crippen LogP contribution in [0.4, 0.5) is 0 Å². The van der Waals surface area contributed by atoms with Gasteiger partial charge in [0.15, 0.2) is 6.61 Å². The number of ether oxygens (including phenoxy) is 1. The zero-order valence-electron chi connectivity index (χ0n) is 13.5. The van der Waals surface area contributed by atoms with Crippen LogP contribution in [-0.4, -0.2) is 36.0 Å². The van der Waals surface area contributed by atoms with Gasteiger partial charge in [0, 0.05) is 10.4 Å². The standard InChI is InChI=1S/C17H18N2O5S/c1-11(14-6-3-7-25-14)19-15(21)10-24-16(22)9-18-17(23)12-4-2-5-13(20)8-12/h2-8,11,20H,9-10H2,1H3,(H,18,23)(H,19,21). The number of rotatable bonds is 7. The van der Waals surface area contributed by atoms with Crippen LogP contribution >= 0.6 is 11.3 Å². The summed E-state index contributed by atoms with van der Waals surface area (Å²) in [6, 6.07) is 9.34. The van der Waals surface area contributed by atoms with Crippen molar-refractivity contribution in [2.24, 2.45) is 0 Å². The van der Waals surface area contributed by atoms with Crippen LogP contribution in [0.1, 0.15) is 28.2 Å². The summed E-state index contributed by atoms with van der Waals surface area (Å²) in [6.07, 6.45) is 0. The van der Waals surface area contributed by atoms with Crippen LogP contribution in [0.25, 0.3) is 0 Å². The lowest BCUT2D eigenvalue weighted by Crippen LogP contribution is -2.34. The zero-order chi connectivity index (χ0) is 18.2. The second kappa shape index (κ2) is 8.84. The Morgan fingerprint density at radius 2 is 2.04 bits per heavy atom. The molecule has 132 valence electrons. The number of hydrogen-bond donors (Lipinski definition) is 3. The molecule has 0 saturated heterocycles. The molecule has 1 unspecified atom stereocenters. The molecule has 1 aromatic heterocycles. The fraction of sp³-hybridized carbons (Fsp3) is 0.235. The predicted octanol–water partition coefficient (Wildman–Crippen LogP) is 1.60. The minimum atomic E-state index is -0.729. The van der Waals surface area contributed by atoms with Crippen molar-refractivity contribution in [2.75, 3.05) is 13.2 Å². The summed E-state index contributed by atoms with van der Waals surface area (Å²) in [5.74, 6) is -1.73. The Bertz CT molecular complexity index is 745. The number of thiophene rings is 1. The van der Waals surface area contributed by atoms with Gasteiger partial charge in [-0.1, -0.05) is 12.1 Å². The third kappa shape index (κ3) is 5.92. The number of phenolic OH excluding ortho intramolecular Hbond substituents is 1. The number of phenols is 1. The lowest BCUT2D eigenvalue weighted by Gasteiger charge is -2.12. The van der Waals surface area contributed by atoms with E-state index in [1.54, 1.807) is 0 Å². The van der Waals surface area contributed by atoms with Crippen molar-refractivity contribution >= 4 is 29.1 Å². The van der Waals surface area contributed by atoms with Crippen LogP contribution in [0, 0.1) is 0 Å². The van der Waals surface area contributed by atoms with Crippen LogP contribution in [-0.2, 0) is 14.3 Å². The average molecular weight is 362 g/mol. The molecule has 25 heavy (non-hydrogen) atoms. The summed E-state index contributed by atoms with van der Waals surface area (Å²) >= 11 is 1.52. The molecule has 1 aromatic carbocycles. The molecule has 0 aliphatic heterocycles. The van der Waals surface area contributed by atoms with Gasteiger partial charge in [0.25, 0.3) is 11.8 Å². The van der Waals surface area contributed by atoms with Gasteiger partial charge in [-0.3, -0.25) is 14.4 Å². The molecule has 3 N–H and O–H groups in total. The van der Waals surface area contributed by atoms with Crippen molar-refractivity contribution in [3.05, 3.63) is 52.2 Å². The molecule has 8 heteroatoms. The highest BCUT2D eigenvalue weighted by molar-refractivity contribution is 7.10. The van der Waals surface area contributed by atoms with E-state index in [1.165, 1.54) is 35.6 Å². The smallest absolute Gasteiger partial charge is 0.325 e. The third-order valence-corrected chi connectivity index (χ3v) is 4.27. The number of amides is 2. The van der Waals surface area contributed by atoms with Gasteiger partial charge >= 0.3 is 5.97 Å². The summed E-state index contributed by atoms with van der Waals surface area (Å²) in [4.78, 5) is 36.2. The number of carbonyl (C=O) groups excluding carboxylic acids is 3. The Morgan fingerprint density at radius 3 is 2.72 bits per heavy atom. The maximum absolute atomic E-state index is 11.8. The first kappa shape index (κ1) is 18.5. The summed E-state index contributed by atoms with van der Waals surface area (Å²) < 4.78 is 4.82. The van der Waals surface area contributed by atoms with Crippen molar-refractivity contribution in [1.82, 2.24) is 10.6 Å². The normalized spacial score (nSPS) is 11.4. The van der Waals surface area contributed by atoms with Gasteiger partial charge in [0.1, 0.15) is 12.3 Å². The molecule has 0 saturated carbocycles. The molecule has 0 aliphatic rings. The van der Waals surface area contributed by atoms with Crippen molar-refractivity contribution < 1.29 is 24.2 Å². The SMILES string of the molecule is CC(NC(=O)COC(=O)CNC(=O)c1cccc(O)c1)c1cccs1. The van der Waals surface area contributed by atoms with E-state index in [0.29, 0.717) is 0 Å². The van der Waals surface area contributed by atoms with Gasteiger partial charge in [-0.15, -0.1) is 11.3 Å². The minimum absolute atomic E-state index is 0.0493. The molecule has 1 heterocycles. The summed E-state index contributed by atoms with van der Waals surface area (Å²) in [5, 5.41) is 16.3. The summed E-state index contributed by atoms with van der Waals surface area (Å²) in [6.45, 7) is 1.04. The Labute approximate surface area is 148 Å². The molecular formula is C17H18N2O5S. The Hall–Kier alpha value is -2.87. The molecule has 7 nitrogen and oxygen atoms in total. The van der Waals surface area contributed by atoms with E-state index in [4.69, 9.17) is 4.74 Å². The second-order valence-corrected chi connectivity index (χ2v) is 6.18. The molecule has 0 radical (unpaired) electrons.